The number of hydrogen-bond acceptors (Lipinski definition) is 6. The van der Waals surface area contributed by atoms with E-state index in [0.717, 1.165) is 33.9 Å². The number of methoxy groups -OCH3 is 1. The highest BCUT2D eigenvalue weighted by molar-refractivity contribution is 7.14. The summed E-state index contributed by atoms with van der Waals surface area (Å²) in [5.74, 6) is 1.05. The molecule has 4 aromatic rings. The Labute approximate surface area is 190 Å². The van der Waals surface area contributed by atoms with Crippen LogP contribution in [0.3, 0.4) is 0 Å². The van der Waals surface area contributed by atoms with Crippen LogP contribution in [0.4, 0.5) is 24.0 Å². The Kier molecular flexibility index (Phi) is 6.20. The fourth-order valence-electron chi connectivity index (χ4n) is 2.72. The summed E-state index contributed by atoms with van der Waals surface area (Å²) >= 11 is 7.35. The summed E-state index contributed by atoms with van der Waals surface area (Å²) in [4.78, 5) is 8.25. The first kappa shape index (κ1) is 21.9. The minimum Gasteiger partial charge on any atom is -0.497 e. The van der Waals surface area contributed by atoms with E-state index in [9.17, 15) is 13.2 Å². The summed E-state index contributed by atoms with van der Waals surface area (Å²) in [6.07, 6.45) is -3.84. The Balaban J connectivity index is 1.44. The first-order chi connectivity index (χ1) is 15.3. The third-order valence-corrected chi connectivity index (χ3v) is 5.37. The molecule has 0 radical (unpaired) electrons. The van der Waals surface area contributed by atoms with E-state index in [-0.39, 0.29) is 10.9 Å². The molecule has 0 fully saturated rings. The van der Waals surface area contributed by atoms with E-state index in [4.69, 9.17) is 21.1 Å². The van der Waals surface area contributed by atoms with E-state index in [1.807, 2.05) is 29.6 Å². The Morgan fingerprint density at radius 3 is 2.31 bits per heavy atom. The van der Waals surface area contributed by atoms with Crippen molar-refractivity contribution in [3.05, 3.63) is 76.8 Å². The standard InChI is InChI=1S/C22H15ClF3N3O2S/c1-30-16-8-4-15(5-9-16)28-21-29-19(12-32-21)13-2-6-17(7-3-13)31-20-18(23)10-14(11-27-20)22(24,25)26/h2-12H,1H3,(H,28,29). The number of alkyl halides is 3. The van der Waals surface area contributed by atoms with Crippen LogP contribution in [0.25, 0.3) is 11.3 Å². The Bertz CT molecular complexity index is 1210. The lowest BCUT2D eigenvalue weighted by Gasteiger charge is -2.10. The lowest BCUT2D eigenvalue weighted by atomic mass is 10.2. The van der Waals surface area contributed by atoms with Crippen LogP contribution in [0.2, 0.25) is 5.02 Å². The van der Waals surface area contributed by atoms with E-state index in [0.29, 0.717) is 11.9 Å². The number of pyridine rings is 1. The first-order valence-electron chi connectivity index (χ1n) is 9.19. The average molecular weight is 478 g/mol. The summed E-state index contributed by atoms with van der Waals surface area (Å²) in [5.41, 5.74) is 1.57. The molecule has 0 saturated carbocycles. The Morgan fingerprint density at radius 2 is 1.69 bits per heavy atom. The molecule has 2 aromatic carbocycles. The lowest BCUT2D eigenvalue weighted by Crippen LogP contribution is -2.05. The number of benzene rings is 2. The second kappa shape index (κ2) is 9.05. The topological polar surface area (TPSA) is 56.3 Å². The van der Waals surface area contributed by atoms with Crippen molar-refractivity contribution in [3.8, 4) is 28.6 Å². The molecular weight excluding hydrogens is 463 g/mol. The summed E-state index contributed by atoms with van der Waals surface area (Å²) in [7, 11) is 1.61. The van der Waals surface area contributed by atoms with Gasteiger partial charge < -0.3 is 14.8 Å². The normalized spacial score (nSPS) is 11.3. The molecule has 10 heteroatoms. The highest BCUT2D eigenvalue weighted by atomic mass is 35.5. The number of hydrogen-bond donors (Lipinski definition) is 1. The molecule has 2 aromatic heterocycles. The monoisotopic (exact) mass is 477 g/mol. The molecule has 0 amide bonds. The molecule has 0 spiro atoms. The zero-order valence-corrected chi connectivity index (χ0v) is 18.1. The molecule has 5 nitrogen and oxygen atoms in total. The van der Waals surface area contributed by atoms with Gasteiger partial charge in [0.15, 0.2) is 5.13 Å². The molecule has 0 aliphatic carbocycles. The number of nitrogens with zero attached hydrogens (tertiary/aromatic N) is 2. The summed E-state index contributed by atoms with van der Waals surface area (Å²) in [6.45, 7) is 0. The largest absolute Gasteiger partial charge is 0.497 e. The molecule has 4 rings (SSSR count). The molecule has 0 unspecified atom stereocenters. The minimum atomic E-state index is -4.52. The van der Waals surface area contributed by atoms with Crippen molar-refractivity contribution >= 4 is 33.8 Å². The first-order valence-corrected chi connectivity index (χ1v) is 10.5. The molecule has 2 heterocycles. The van der Waals surface area contributed by atoms with Crippen LogP contribution in [-0.4, -0.2) is 17.1 Å². The number of thiazole rings is 1. The predicted octanol–water partition coefficient (Wildman–Crippen LogP) is 7.42. The quantitative estimate of drug-likeness (QED) is 0.313. The smallest absolute Gasteiger partial charge is 0.417 e. The second-order valence-electron chi connectivity index (χ2n) is 6.53. The molecule has 0 saturated heterocycles. The average Bonchev–Trinajstić information content (AvgIpc) is 3.24. The third-order valence-electron chi connectivity index (χ3n) is 4.34. The highest BCUT2D eigenvalue weighted by Gasteiger charge is 2.31. The van der Waals surface area contributed by atoms with Gasteiger partial charge in [-0.3, -0.25) is 0 Å². The fourth-order valence-corrected chi connectivity index (χ4v) is 3.67. The van der Waals surface area contributed by atoms with Crippen LogP contribution in [0.1, 0.15) is 5.56 Å². The maximum absolute atomic E-state index is 12.7. The van der Waals surface area contributed by atoms with E-state index in [1.54, 1.807) is 31.4 Å². The molecule has 0 atom stereocenters. The van der Waals surface area contributed by atoms with Crippen LogP contribution < -0.4 is 14.8 Å². The van der Waals surface area contributed by atoms with Gasteiger partial charge in [0, 0.05) is 22.8 Å². The summed E-state index contributed by atoms with van der Waals surface area (Å²) in [5, 5.41) is 5.65. The molecule has 0 bridgehead atoms. The number of aromatic nitrogens is 2. The maximum atomic E-state index is 12.7. The van der Waals surface area contributed by atoms with Gasteiger partial charge in [0.1, 0.15) is 16.5 Å². The van der Waals surface area contributed by atoms with Gasteiger partial charge in [-0.15, -0.1) is 11.3 Å². The molecular formula is C22H15ClF3N3O2S. The zero-order valence-electron chi connectivity index (χ0n) is 16.5. The van der Waals surface area contributed by atoms with Crippen molar-refractivity contribution in [2.24, 2.45) is 0 Å². The lowest BCUT2D eigenvalue weighted by molar-refractivity contribution is -0.137. The van der Waals surface area contributed by atoms with Crippen LogP contribution in [-0.2, 0) is 6.18 Å². The predicted molar refractivity (Wildman–Crippen MR) is 118 cm³/mol. The summed E-state index contributed by atoms with van der Waals surface area (Å²) in [6, 6.07) is 15.2. The van der Waals surface area contributed by atoms with Crippen LogP contribution >= 0.6 is 22.9 Å². The van der Waals surface area contributed by atoms with Gasteiger partial charge >= 0.3 is 6.18 Å². The van der Waals surface area contributed by atoms with Crippen molar-refractivity contribution in [1.82, 2.24) is 9.97 Å². The van der Waals surface area contributed by atoms with E-state index >= 15 is 0 Å². The summed E-state index contributed by atoms with van der Waals surface area (Å²) < 4.78 is 48.9. The number of ether oxygens (including phenoxy) is 2. The van der Waals surface area contributed by atoms with E-state index in [1.165, 1.54) is 11.3 Å². The fraction of sp³-hybridized carbons (Fsp3) is 0.0909. The zero-order chi connectivity index (χ0) is 22.7. The molecule has 0 aliphatic heterocycles. The maximum Gasteiger partial charge on any atom is 0.417 e. The van der Waals surface area contributed by atoms with Gasteiger partial charge in [-0.1, -0.05) is 11.6 Å². The minimum absolute atomic E-state index is 0.105. The number of halogens is 4. The molecule has 164 valence electrons. The highest BCUT2D eigenvalue weighted by Crippen LogP contribution is 2.35. The Morgan fingerprint density at radius 1 is 1.00 bits per heavy atom. The van der Waals surface area contributed by atoms with Crippen molar-refractivity contribution < 1.29 is 22.6 Å². The van der Waals surface area contributed by atoms with Gasteiger partial charge in [-0.05, 0) is 54.6 Å². The SMILES string of the molecule is COc1ccc(Nc2nc(-c3ccc(Oc4ncc(C(F)(F)F)cc4Cl)cc3)cs2)cc1. The van der Waals surface area contributed by atoms with Gasteiger partial charge in [0.25, 0.3) is 0 Å². The number of nitrogens with one attached hydrogen (secondary N) is 1. The van der Waals surface area contributed by atoms with Crippen molar-refractivity contribution in [3.63, 3.8) is 0 Å². The molecule has 1 N–H and O–H groups in total. The van der Waals surface area contributed by atoms with Crippen LogP contribution in [0.15, 0.2) is 66.2 Å². The van der Waals surface area contributed by atoms with Crippen LogP contribution in [0.5, 0.6) is 17.4 Å². The van der Waals surface area contributed by atoms with Gasteiger partial charge in [-0.25, -0.2) is 9.97 Å². The van der Waals surface area contributed by atoms with Crippen LogP contribution in [0, 0.1) is 0 Å². The van der Waals surface area contributed by atoms with E-state index in [2.05, 4.69) is 15.3 Å². The van der Waals surface area contributed by atoms with Crippen molar-refractivity contribution in [1.29, 1.82) is 0 Å². The second-order valence-corrected chi connectivity index (χ2v) is 7.79. The number of anilines is 2. The van der Waals surface area contributed by atoms with Gasteiger partial charge in [-0.2, -0.15) is 13.2 Å². The van der Waals surface area contributed by atoms with Crippen molar-refractivity contribution in [2.45, 2.75) is 6.18 Å². The molecule has 0 aliphatic rings. The van der Waals surface area contributed by atoms with Gasteiger partial charge in [0.2, 0.25) is 5.88 Å². The van der Waals surface area contributed by atoms with Gasteiger partial charge in [0.05, 0.1) is 18.4 Å². The molecule has 32 heavy (non-hydrogen) atoms. The third kappa shape index (κ3) is 5.12. The van der Waals surface area contributed by atoms with Crippen molar-refractivity contribution in [2.75, 3.05) is 12.4 Å². The number of rotatable bonds is 6. The van der Waals surface area contributed by atoms with E-state index < -0.39 is 11.7 Å². The Hall–Kier alpha value is -3.30.